The summed E-state index contributed by atoms with van der Waals surface area (Å²) < 4.78 is 33.5. The molecule has 1 saturated heterocycles. The molecule has 1 fully saturated rings. The van der Waals surface area contributed by atoms with E-state index in [2.05, 4.69) is 9.71 Å². The van der Waals surface area contributed by atoms with E-state index in [-0.39, 0.29) is 16.0 Å². The Kier molecular flexibility index (Phi) is 4.27. The molecule has 3 rings (SSSR count). The molecule has 1 N–H and O–H groups in total. The van der Waals surface area contributed by atoms with Gasteiger partial charge in [-0.05, 0) is 31.2 Å². The summed E-state index contributed by atoms with van der Waals surface area (Å²) in [7, 11) is -3.84. The first-order valence-electron chi connectivity index (χ1n) is 6.85. The van der Waals surface area contributed by atoms with Crippen molar-refractivity contribution in [3.05, 3.63) is 54.0 Å². The van der Waals surface area contributed by atoms with Crippen LogP contribution in [0.25, 0.3) is 0 Å². The number of nitrogens with one attached hydrogen (secondary N) is 1. The monoisotopic (exact) mass is 350 g/mol. The SMILES string of the molecule is Cc1ccc(S(=O)(=O)N=C2NC(=O)C(Cc3ccco3)S2)cc1. The standard InChI is InChI=1S/C15H14N2O4S2/c1-10-4-6-12(7-5-10)23(19,20)17-15-16-14(18)13(22-15)9-11-3-2-8-21-11/h2-8,13H,9H2,1H3,(H,16,17,18). The minimum atomic E-state index is -3.84. The topological polar surface area (TPSA) is 88.7 Å². The minimum Gasteiger partial charge on any atom is -0.469 e. The maximum Gasteiger partial charge on any atom is 0.284 e. The van der Waals surface area contributed by atoms with Crippen molar-refractivity contribution in [1.82, 2.24) is 5.32 Å². The molecule has 1 amide bonds. The number of sulfonamides is 1. The van der Waals surface area contributed by atoms with E-state index < -0.39 is 15.3 Å². The molecule has 8 heteroatoms. The lowest BCUT2D eigenvalue weighted by Gasteiger charge is -2.01. The Labute approximate surface area is 138 Å². The first kappa shape index (κ1) is 15.8. The maximum absolute atomic E-state index is 12.3. The van der Waals surface area contributed by atoms with Crippen molar-refractivity contribution in [2.24, 2.45) is 4.40 Å². The predicted octanol–water partition coefficient (Wildman–Crippen LogP) is 2.11. The first-order chi connectivity index (χ1) is 10.9. The van der Waals surface area contributed by atoms with Crippen LogP contribution in [0.5, 0.6) is 0 Å². The number of carbonyl (C=O) groups is 1. The molecule has 1 unspecified atom stereocenters. The molecule has 1 aromatic heterocycles. The Morgan fingerprint density at radius 2 is 2.00 bits per heavy atom. The van der Waals surface area contributed by atoms with Crippen LogP contribution in [0.4, 0.5) is 0 Å². The molecule has 0 saturated carbocycles. The van der Waals surface area contributed by atoms with Gasteiger partial charge in [0.15, 0.2) is 5.17 Å². The number of hydrogen-bond acceptors (Lipinski definition) is 5. The molecule has 1 aliphatic heterocycles. The normalized spacial score (nSPS) is 20.0. The number of thioether (sulfide) groups is 1. The van der Waals surface area contributed by atoms with Gasteiger partial charge >= 0.3 is 0 Å². The molecule has 1 aliphatic rings. The largest absolute Gasteiger partial charge is 0.469 e. The molecule has 1 atom stereocenters. The Morgan fingerprint density at radius 1 is 1.26 bits per heavy atom. The van der Waals surface area contributed by atoms with Crippen molar-refractivity contribution >= 4 is 32.9 Å². The highest BCUT2D eigenvalue weighted by Crippen LogP contribution is 2.25. The van der Waals surface area contributed by atoms with E-state index in [1.54, 1.807) is 24.3 Å². The molecule has 0 bridgehead atoms. The Bertz CT molecular complexity index is 840. The van der Waals surface area contributed by atoms with Gasteiger partial charge in [-0.1, -0.05) is 29.5 Å². The van der Waals surface area contributed by atoms with E-state index in [0.29, 0.717) is 12.2 Å². The average molecular weight is 350 g/mol. The summed E-state index contributed by atoms with van der Waals surface area (Å²) >= 11 is 1.09. The zero-order chi connectivity index (χ0) is 16.4. The third kappa shape index (κ3) is 3.65. The lowest BCUT2D eigenvalue weighted by atomic mass is 10.2. The Balaban J connectivity index is 1.78. The number of rotatable bonds is 4. The van der Waals surface area contributed by atoms with E-state index in [9.17, 15) is 13.2 Å². The summed E-state index contributed by atoms with van der Waals surface area (Å²) in [4.78, 5) is 12.0. The lowest BCUT2D eigenvalue weighted by Crippen LogP contribution is -2.26. The smallest absolute Gasteiger partial charge is 0.284 e. The second kappa shape index (κ2) is 6.21. The molecular formula is C15H14N2O4S2. The van der Waals surface area contributed by atoms with Crippen molar-refractivity contribution < 1.29 is 17.6 Å². The van der Waals surface area contributed by atoms with Gasteiger partial charge in [-0.15, -0.1) is 4.40 Å². The number of carbonyl (C=O) groups excluding carboxylic acids is 1. The average Bonchev–Trinajstić information content (AvgIpc) is 3.10. The van der Waals surface area contributed by atoms with Gasteiger partial charge in [-0.2, -0.15) is 8.42 Å². The van der Waals surface area contributed by atoms with E-state index in [0.717, 1.165) is 17.3 Å². The van der Waals surface area contributed by atoms with Crippen LogP contribution in [0.2, 0.25) is 0 Å². The van der Waals surface area contributed by atoms with Gasteiger partial charge in [-0.25, -0.2) is 0 Å². The molecule has 0 radical (unpaired) electrons. The van der Waals surface area contributed by atoms with Crippen molar-refractivity contribution in [2.45, 2.75) is 23.5 Å². The minimum absolute atomic E-state index is 0.0899. The van der Waals surface area contributed by atoms with E-state index in [1.807, 2.05) is 6.92 Å². The van der Waals surface area contributed by atoms with Crippen molar-refractivity contribution in [3.8, 4) is 0 Å². The Morgan fingerprint density at radius 3 is 2.65 bits per heavy atom. The third-order valence-electron chi connectivity index (χ3n) is 3.27. The number of aryl methyl sites for hydroxylation is 1. The number of hydrogen-bond donors (Lipinski definition) is 1. The molecular weight excluding hydrogens is 336 g/mol. The highest BCUT2D eigenvalue weighted by Gasteiger charge is 2.32. The number of amidine groups is 1. The number of benzene rings is 1. The molecule has 120 valence electrons. The number of amides is 1. The molecule has 23 heavy (non-hydrogen) atoms. The van der Waals surface area contributed by atoms with Crippen LogP contribution in [0.1, 0.15) is 11.3 Å². The fraction of sp³-hybridized carbons (Fsp3) is 0.200. The zero-order valence-electron chi connectivity index (χ0n) is 12.2. The fourth-order valence-corrected chi connectivity index (χ4v) is 4.22. The summed E-state index contributed by atoms with van der Waals surface area (Å²) in [5.41, 5.74) is 0.957. The van der Waals surface area contributed by atoms with Crippen LogP contribution < -0.4 is 5.32 Å². The highest BCUT2D eigenvalue weighted by molar-refractivity contribution is 8.16. The van der Waals surface area contributed by atoms with Gasteiger partial charge < -0.3 is 9.73 Å². The number of furan rings is 1. The van der Waals surface area contributed by atoms with Crippen molar-refractivity contribution in [1.29, 1.82) is 0 Å². The third-order valence-corrected chi connectivity index (χ3v) is 5.75. The molecule has 2 heterocycles. The molecule has 2 aromatic rings. The second-order valence-electron chi connectivity index (χ2n) is 5.06. The molecule has 0 aliphatic carbocycles. The molecule has 0 spiro atoms. The van der Waals surface area contributed by atoms with Gasteiger partial charge in [0.2, 0.25) is 5.91 Å². The summed E-state index contributed by atoms with van der Waals surface area (Å²) in [5.74, 6) is 0.393. The number of nitrogens with zero attached hydrogens (tertiary/aromatic N) is 1. The predicted molar refractivity (Wildman–Crippen MR) is 87.7 cm³/mol. The second-order valence-corrected chi connectivity index (χ2v) is 7.86. The zero-order valence-corrected chi connectivity index (χ0v) is 13.9. The summed E-state index contributed by atoms with van der Waals surface area (Å²) in [6.45, 7) is 1.87. The van der Waals surface area contributed by atoms with Crippen LogP contribution in [0.3, 0.4) is 0 Å². The quantitative estimate of drug-likeness (QED) is 0.912. The van der Waals surface area contributed by atoms with Crippen LogP contribution in [0, 0.1) is 6.92 Å². The Hall–Kier alpha value is -2.06. The van der Waals surface area contributed by atoms with Crippen LogP contribution >= 0.6 is 11.8 Å². The highest BCUT2D eigenvalue weighted by atomic mass is 32.2. The van der Waals surface area contributed by atoms with Crippen LogP contribution in [-0.2, 0) is 21.2 Å². The molecule has 1 aromatic carbocycles. The van der Waals surface area contributed by atoms with Gasteiger partial charge in [-0.3, -0.25) is 4.79 Å². The maximum atomic E-state index is 12.3. The van der Waals surface area contributed by atoms with Crippen molar-refractivity contribution in [3.63, 3.8) is 0 Å². The first-order valence-corrected chi connectivity index (χ1v) is 9.17. The summed E-state index contributed by atoms with van der Waals surface area (Å²) in [6.07, 6.45) is 1.91. The van der Waals surface area contributed by atoms with E-state index in [4.69, 9.17) is 4.42 Å². The summed E-state index contributed by atoms with van der Waals surface area (Å²) in [6, 6.07) is 9.91. The van der Waals surface area contributed by atoms with Gasteiger partial charge in [0.05, 0.1) is 16.4 Å². The molecule has 6 nitrogen and oxygen atoms in total. The lowest BCUT2D eigenvalue weighted by molar-refractivity contribution is -0.118. The van der Waals surface area contributed by atoms with E-state index in [1.165, 1.54) is 18.4 Å². The van der Waals surface area contributed by atoms with Gasteiger partial charge in [0.25, 0.3) is 10.0 Å². The van der Waals surface area contributed by atoms with Crippen LogP contribution in [0.15, 0.2) is 56.4 Å². The van der Waals surface area contributed by atoms with Gasteiger partial charge in [0, 0.05) is 6.42 Å². The van der Waals surface area contributed by atoms with Gasteiger partial charge in [0.1, 0.15) is 5.76 Å². The van der Waals surface area contributed by atoms with Crippen LogP contribution in [-0.4, -0.2) is 24.7 Å². The fourth-order valence-electron chi connectivity index (χ4n) is 2.07. The van der Waals surface area contributed by atoms with Crippen molar-refractivity contribution in [2.75, 3.05) is 0 Å². The van der Waals surface area contributed by atoms with E-state index >= 15 is 0 Å². The summed E-state index contributed by atoms with van der Waals surface area (Å²) in [5, 5.41) is 2.15.